The van der Waals surface area contributed by atoms with Gasteiger partial charge in [-0.15, -0.1) is 0 Å². The van der Waals surface area contributed by atoms with E-state index in [0.29, 0.717) is 12.8 Å². The second kappa shape index (κ2) is 34.9. The fourth-order valence-electron chi connectivity index (χ4n) is 6.96. The van der Waals surface area contributed by atoms with Crippen molar-refractivity contribution in [3.63, 3.8) is 0 Å². The van der Waals surface area contributed by atoms with Gasteiger partial charge in [0.1, 0.15) is 30.2 Å². The van der Waals surface area contributed by atoms with Crippen molar-refractivity contribution in [2.75, 3.05) is 19.7 Å². The van der Waals surface area contributed by atoms with E-state index in [-0.39, 0.29) is 62.4 Å². The third-order valence-electron chi connectivity index (χ3n) is 10.8. The molecule has 6 amide bonds. The fourth-order valence-corrected chi connectivity index (χ4v) is 6.96. The minimum Gasteiger partial charge on any atom is -0.480 e. The Morgan fingerprint density at radius 3 is 1.52 bits per heavy atom. The lowest BCUT2D eigenvalue weighted by atomic mass is 9.96. The summed E-state index contributed by atoms with van der Waals surface area (Å²) < 4.78 is 0. The largest absolute Gasteiger partial charge is 0.480 e. The van der Waals surface area contributed by atoms with Crippen LogP contribution < -0.4 is 43.4 Å². The van der Waals surface area contributed by atoms with Crippen molar-refractivity contribution in [1.82, 2.24) is 31.9 Å². The molecule has 0 spiro atoms. The number of aliphatic imine (C=N–C) groups is 1. The van der Waals surface area contributed by atoms with Gasteiger partial charge in [-0.1, -0.05) is 132 Å². The van der Waals surface area contributed by atoms with Crippen molar-refractivity contribution >= 4 is 47.4 Å². The summed E-state index contributed by atoms with van der Waals surface area (Å²) in [5, 5.41) is 35.1. The highest BCUT2D eigenvalue weighted by molar-refractivity contribution is 5.96. The van der Waals surface area contributed by atoms with Crippen molar-refractivity contribution in [3.8, 4) is 0 Å². The number of carboxylic acid groups (broad SMARTS) is 1. The highest BCUT2D eigenvalue weighted by Crippen LogP contribution is 2.14. The maximum absolute atomic E-state index is 13.7. The Hall–Kier alpha value is -4.48. The number of aliphatic hydroxyl groups excluding tert-OH is 1. The molecule has 0 bridgehead atoms. The van der Waals surface area contributed by atoms with Crippen LogP contribution in [-0.4, -0.2) is 107 Å². The first-order chi connectivity index (χ1) is 29.9. The molecule has 0 aromatic carbocycles. The van der Waals surface area contributed by atoms with Crippen LogP contribution in [0, 0.1) is 17.8 Å². The lowest BCUT2D eigenvalue weighted by Gasteiger charge is -2.28. The number of nitrogens with zero attached hydrogens (tertiary/aromatic N) is 1. The van der Waals surface area contributed by atoms with E-state index in [1.165, 1.54) is 57.8 Å². The van der Waals surface area contributed by atoms with Gasteiger partial charge in [0.15, 0.2) is 5.96 Å². The molecule has 18 nitrogen and oxygen atoms in total. The number of guanidine groups is 1. The summed E-state index contributed by atoms with van der Waals surface area (Å²) >= 11 is 0. The second-order valence-electron chi connectivity index (χ2n) is 17.7. The smallest absolute Gasteiger partial charge is 0.326 e. The highest BCUT2D eigenvalue weighted by Gasteiger charge is 2.33. The molecule has 0 aromatic rings. The molecule has 0 unspecified atom stereocenters. The maximum Gasteiger partial charge on any atom is 0.326 e. The molecule has 0 fully saturated rings. The van der Waals surface area contributed by atoms with Crippen LogP contribution in [0.5, 0.6) is 0 Å². The zero-order valence-corrected chi connectivity index (χ0v) is 39.5. The predicted octanol–water partition coefficient (Wildman–Crippen LogP) is 3.28. The molecule has 0 radical (unpaired) electrons. The van der Waals surface area contributed by atoms with Gasteiger partial charge in [-0.25, -0.2) is 4.79 Å². The standard InChI is InChI=1S/C45H85N9O9/c1-8-10-11-12-13-14-15-16-17-18-19-20-21-24-37(56)51-36(29-55)42(60)52-34(26-30(3)4)41(59)54-39(32(7)9-2)43(61)49-28-38(57)50-33(23-22-25-48-45(46)47)40(58)53-35(44(62)63)27-31(5)6/h30-36,39,55H,8-29H2,1-7H3,(H,49,61)(H,50,57)(H,51,56)(H,52,60)(H,53,58)(H,54,59)(H,62,63)(H4,46,47,48)/t32-,33-,34-,35-,36-,39-/m0/s1. The Morgan fingerprint density at radius 1 is 0.556 bits per heavy atom. The van der Waals surface area contributed by atoms with Gasteiger partial charge in [-0.05, 0) is 49.9 Å². The molecule has 0 heterocycles. The van der Waals surface area contributed by atoms with E-state index in [1.807, 2.05) is 34.6 Å². The summed E-state index contributed by atoms with van der Waals surface area (Å²) in [4.78, 5) is 95.2. The molecule has 0 aliphatic heterocycles. The molecule has 0 aromatic heterocycles. The molecule has 0 aliphatic rings. The summed E-state index contributed by atoms with van der Waals surface area (Å²) in [6.07, 6.45) is 16.6. The van der Waals surface area contributed by atoms with E-state index in [2.05, 4.69) is 43.8 Å². The van der Waals surface area contributed by atoms with E-state index in [1.54, 1.807) is 6.92 Å². The van der Waals surface area contributed by atoms with E-state index in [9.17, 15) is 43.8 Å². The van der Waals surface area contributed by atoms with E-state index < -0.39 is 84.8 Å². The summed E-state index contributed by atoms with van der Waals surface area (Å²) in [5.41, 5.74) is 10.8. The summed E-state index contributed by atoms with van der Waals surface area (Å²) in [6, 6.07) is -5.88. The zero-order chi connectivity index (χ0) is 47.7. The monoisotopic (exact) mass is 896 g/mol. The fraction of sp³-hybridized carbons (Fsp3) is 0.822. The SMILES string of the molecule is CCCCCCCCCCCCCCCC(=O)N[C@@H](CO)C(=O)N[C@@H](CC(C)C)C(=O)N[C@H](C(=O)NCC(=O)N[C@@H](CCCN=C(N)N)C(=O)N[C@@H](CC(C)C)C(=O)O)[C@@H](C)CC. The van der Waals surface area contributed by atoms with Gasteiger partial charge in [0, 0.05) is 13.0 Å². The number of unbranched alkanes of at least 4 members (excludes halogenated alkanes) is 12. The number of aliphatic carboxylic acids is 1. The third kappa shape index (κ3) is 28.8. The first-order valence-electron chi connectivity index (χ1n) is 23.5. The van der Waals surface area contributed by atoms with Crippen molar-refractivity contribution in [3.05, 3.63) is 0 Å². The number of hydrogen-bond acceptors (Lipinski definition) is 9. The second-order valence-corrected chi connectivity index (χ2v) is 17.7. The topological polar surface area (TPSA) is 297 Å². The molecule has 0 aliphatic carbocycles. The van der Waals surface area contributed by atoms with E-state index in [0.717, 1.165) is 19.3 Å². The minimum atomic E-state index is -1.28. The van der Waals surface area contributed by atoms with Crippen LogP contribution >= 0.6 is 0 Å². The van der Waals surface area contributed by atoms with Crippen LogP contribution in [0.3, 0.4) is 0 Å². The van der Waals surface area contributed by atoms with Gasteiger partial charge in [0.05, 0.1) is 13.2 Å². The number of nitrogens with two attached hydrogens (primary N) is 2. The normalized spacial score (nSPS) is 14.1. The molecule has 364 valence electrons. The Labute approximate surface area is 376 Å². The van der Waals surface area contributed by atoms with Crippen LogP contribution in [-0.2, 0) is 33.6 Å². The number of nitrogens with one attached hydrogen (secondary N) is 6. The number of amides is 6. The predicted molar refractivity (Wildman–Crippen MR) is 246 cm³/mol. The molecular formula is C45H85N9O9. The number of carbonyl (C=O) groups excluding carboxylic acids is 6. The molecule has 63 heavy (non-hydrogen) atoms. The zero-order valence-electron chi connectivity index (χ0n) is 39.5. The van der Waals surface area contributed by atoms with Gasteiger partial charge < -0.3 is 53.6 Å². The molecule has 0 rings (SSSR count). The van der Waals surface area contributed by atoms with E-state index in [4.69, 9.17) is 11.5 Å². The molecule has 0 saturated heterocycles. The van der Waals surface area contributed by atoms with Crippen LogP contribution in [0.15, 0.2) is 4.99 Å². The number of hydrogen-bond donors (Lipinski definition) is 10. The first kappa shape index (κ1) is 58.5. The van der Waals surface area contributed by atoms with Gasteiger partial charge in [-0.3, -0.25) is 33.8 Å². The average Bonchev–Trinajstić information content (AvgIpc) is 3.22. The molecule has 18 heteroatoms. The van der Waals surface area contributed by atoms with Crippen LogP contribution in [0.2, 0.25) is 0 Å². The van der Waals surface area contributed by atoms with Crippen LogP contribution in [0.1, 0.15) is 170 Å². The highest BCUT2D eigenvalue weighted by atomic mass is 16.4. The lowest BCUT2D eigenvalue weighted by Crippen LogP contribution is -2.59. The lowest BCUT2D eigenvalue weighted by molar-refractivity contribution is -0.142. The van der Waals surface area contributed by atoms with Gasteiger partial charge in [-0.2, -0.15) is 0 Å². The quantitative estimate of drug-likeness (QED) is 0.0245. The van der Waals surface area contributed by atoms with Crippen molar-refractivity contribution < 1.29 is 43.8 Å². The molecular weight excluding hydrogens is 811 g/mol. The Morgan fingerprint density at radius 2 is 1.03 bits per heavy atom. The Balaban J connectivity index is 5.40. The number of rotatable bonds is 37. The molecule has 0 saturated carbocycles. The van der Waals surface area contributed by atoms with E-state index >= 15 is 0 Å². The molecule has 6 atom stereocenters. The Kier molecular flexibility index (Phi) is 32.5. The first-order valence-corrected chi connectivity index (χ1v) is 23.5. The van der Waals surface area contributed by atoms with Crippen LogP contribution in [0.4, 0.5) is 0 Å². The summed E-state index contributed by atoms with van der Waals surface area (Å²) in [5.74, 6) is -5.84. The number of carboxylic acids is 1. The van der Waals surface area contributed by atoms with Gasteiger partial charge >= 0.3 is 5.97 Å². The van der Waals surface area contributed by atoms with Crippen LogP contribution in [0.25, 0.3) is 0 Å². The molecule has 12 N–H and O–H groups in total. The summed E-state index contributed by atoms with van der Waals surface area (Å²) in [7, 11) is 0. The average molecular weight is 896 g/mol. The summed E-state index contributed by atoms with van der Waals surface area (Å²) in [6.45, 7) is 12.0. The number of aliphatic hydroxyl groups is 1. The Bertz CT molecular complexity index is 1390. The maximum atomic E-state index is 13.7. The van der Waals surface area contributed by atoms with Crippen molar-refractivity contribution in [2.24, 2.45) is 34.2 Å². The van der Waals surface area contributed by atoms with Crippen molar-refractivity contribution in [1.29, 1.82) is 0 Å². The number of carbonyl (C=O) groups is 7. The minimum absolute atomic E-state index is 0.0407. The third-order valence-corrected chi connectivity index (χ3v) is 10.8. The van der Waals surface area contributed by atoms with Gasteiger partial charge in [0.2, 0.25) is 35.4 Å². The van der Waals surface area contributed by atoms with Crippen molar-refractivity contribution in [2.45, 2.75) is 201 Å². The van der Waals surface area contributed by atoms with Gasteiger partial charge in [0.25, 0.3) is 0 Å².